The molecule has 1 N–H and O–H groups in total. The van der Waals surface area contributed by atoms with E-state index in [-0.39, 0.29) is 11.8 Å². The van der Waals surface area contributed by atoms with Crippen LogP contribution >= 0.6 is 0 Å². The third-order valence-electron chi connectivity index (χ3n) is 4.01. The van der Waals surface area contributed by atoms with Gasteiger partial charge < -0.3 is 15.0 Å². The van der Waals surface area contributed by atoms with E-state index in [9.17, 15) is 18.0 Å². The predicted octanol–water partition coefficient (Wildman–Crippen LogP) is 3.33. The number of hydrogen-bond donors (Lipinski definition) is 1. The molecule has 2 aromatic rings. The topological polar surface area (TPSA) is 54.5 Å². The first-order valence-corrected chi connectivity index (χ1v) is 8.25. The number of pyridine rings is 1. The smallest absolute Gasteiger partial charge is 0.417 e. The lowest BCUT2D eigenvalue weighted by atomic mass is 10.2. The summed E-state index contributed by atoms with van der Waals surface area (Å²) in [7, 11) is 0. The van der Waals surface area contributed by atoms with Crippen LogP contribution in [0.5, 0.6) is 11.6 Å². The van der Waals surface area contributed by atoms with E-state index >= 15 is 0 Å². The maximum absolute atomic E-state index is 12.5. The van der Waals surface area contributed by atoms with Gasteiger partial charge in [0.1, 0.15) is 5.75 Å². The lowest BCUT2D eigenvalue weighted by Crippen LogP contribution is -2.34. The second-order valence-corrected chi connectivity index (χ2v) is 5.91. The second-order valence-electron chi connectivity index (χ2n) is 5.91. The fourth-order valence-electron chi connectivity index (χ4n) is 2.63. The van der Waals surface area contributed by atoms with Crippen LogP contribution in [0.3, 0.4) is 0 Å². The lowest BCUT2D eigenvalue weighted by molar-refractivity contribution is -0.137. The van der Waals surface area contributed by atoms with Crippen molar-refractivity contribution in [2.45, 2.75) is 12.6 Å². The molecule has 5 nitrogen and oxygen atoms in total. The largest absolute Gasteiger partial charge is 0.439 e. The minimum Gasteiger partial charge on any atom is -0.439 e. The van der Waals surface area contributed by atoms with Crippen molar-refractivity contribution in [1.82, 2.24) is 15.2 Å². The van der Waals surface area contributed by atoms with Crippen LogP contribution in [0, 0.1) is 0 Å². The Morgan fingerprint density at radius 2 is 1.85 bits per heavy atom. The van der Waals surface area contributed by atoms with E-state index in [1.807, 2.05) is 0 Å². The number of halogens is 3. The average molecular weight is 365 g/mol. The number of rotatable bonds is 3. The Morgan fingerprint density at radius 1 is 1.08 bits per heavy atom. The highest BCUT2D eigenvalue weighted by molar-refractivity contribution is 5.94. The van der Waals surface area contributed by atoms with Crippen molar-refractivity contribution in [3.63, 3.8) is 0 Å². The molecule has 1 aromatic carbocycles. The number of hydrogen-bond acceptors (Lipinski definition) is 4. The molecule has 0 unspecified atom stereocenters. The number of carbonyl (C=O) groups excluding carboxylic acids is 1. The summed E-state index contributed by atoms with van der Waals surface area (Å²) in [6.45, 7) is 3.04. The van der Waals surface area contributed by atoms with E-state index in [0.717, 1.165) is 37.8 Å². The van der Waals surface area contributed by atoms with E-state index in [0.29, 0.717) is 24.4 Å². The quantitative estimate of drug-likeness (QED) is 0.907. The fraction of sp³-hybridized carbons (Fsp3) is 0.333. The SMILES string of the molecule is O=C(c1ccc(Oc2ccc(C(F)(F)F)cn2)cc1)N1CCCNCC1. The summed E-state index contributed by atoms with van der Waals surface area (Å²) >= 11 is 0. The molecule has 1 aliphatic heterocycles. The van der Waals surface area contributed by atoms with Gasteiger partial charge in [0.25, 0.3) is 5.91 Å². The van der Waals surface area contributed by atoms with Gasteiger partial charge in [0.05, 0.1) is 5.56 Å². The second kappa shape index (κ2) is 7.74. The minimum atomic E-state index is -4.43. The summed E-state index contributed by atoms with van der Waals surface area (Å²) in [5.41, 5.74) is -0.294. The van der Waals surface area contributed by atoms with Crippen LogP contribution in [0.15, 0.2) is 42.6 Å². The molecule has 0 spiro atoms. The maximum atomic E-state index is 12.5. The van der Waals surface area contributed by atoms with Crippen LogP contribution in [0.1, 0.15) is 22.3 Å². The van der Waals surface area contributed by atoms with Gasteiger partial charge in [-0.3, -0.25) is 4.79 Å². The van der Waals surface area contributed by atoms with Gasteiger partial charge in [-0.1, -0.05) is 0 Å². The van der Waals surface area contributed by atoms with Crippen molar-refractivity contribution in [3.8, 4) is 11.6 Å². The fourth-order valence-corrected chi connectivity index (χ4v) is 2.63. The predicted molar refractivity (Wildman–Crippen MR) is 89.1 cm³/mol. The summed E-state index contributed by atoms with van der Waals surface area (Å²) in [6, 6.07) is 8.55. The number of aromatic nitrogens is 1. The highest BCUT2D eigenvalue weighted by Crippen LogP contribution is 2.30. The molecule has 0 radical (unpaired) electrons. The molecule has 2 heterocycles. The van der Waals surface area contributed by atoms with Crippen molar-refractivity contribution < 1.29 is 22.7 Å². The van der Waals surface area contributed by atoms with Gasteiger partial charge in [0, 0.05) is 37.5 Å². The normalized spacial score (nSPS) is 15.4. The van der Waals surface area contributed by atoms with Crippen molar-refractivity contribution >= 4 is 5.91 Å². The standard InChI is InChI=1S/C18H18F3N3O2/c19-18(20,21)14-4-7-16(23-12-14)26-15-5-2-13(3-6-15)17(25)24-10-1-8-22-9-11-24/h2-7,12,22H,1,8-11H2. The Hall–Kier alpha value is -2.61. The zero-order chi connectivity index (χ0) is 18.6. The highest BCUT2D eigenvalue weighted by Gasteiger charge is 2.30. The summed E-state index contributed by atoms with van der Waals surface area (Å²) < 4.78 is 43.0. The van der Waals surface area contributed by atoms with Crippen molar-refractivity contribution in [2.24, 2.45) is 0 Å². The molecule has 26 heavy (non-hydrogen) atoms. The molecule has 1 amide bonds. The molecular formula is C18H18F3N3O2. The first-order valence-electron chi connectivity index (χ1n) is 8.25. The van der Waals surface area contributed by atoms with E-state index in [1.165, 1.54) is 0 Å². The van der Waals surface area contributed by atoms with Crippen LogP contribution in [-0.2, 0) is 6.18 Å². The lowest BCUT2D eigenvalue weighted by Gasteiger charge is -2.20. The number of nitrogens with one attached hydrogen (secondary N) is 1. The van der Waals surface area contributed by atoms with Crippen LogP contribution in [0.2, 0.25) is 0 Å². The molecule has 1 saturated heterocycles. The molecule has 8 heteroatoms. The zero-order valence-electron chi connectivity index (χ0n) is 13.9. The highest BCUT2D eigenvalue weighted by atomic mass is 19.4. The third kappa shape index (κ3) is 4.51. The molecule has 0 atom stereocenters. The summed E-state index contributed by atoms with van der Waals surface area (Å²) in [5, 5.41) is 3.24. The van der Waals surface area contributed by atoms with Gasteiger partial charge >= 0.3 is 6.18 Å². The van der Waals surface area contributed by atoms with Gasteiger partial charge in [0.15, 0.2) is 0 Å². The molecule has 3 rings (SSSR count). The molecule has 0 aliphatic carbocycles. The molecule has 138 valence electrons. The van der Waals surface area contributed by atoms with Crippen LogP contribution in [-0.4, -0.2) is 42.0 Å². The van der Waals surface area contributed by atoms with Crippen molar-refractivity contribution in [3.05, 3.63) is 53.7 Å². The monoisotopic (exact) mass is 365 g/mol. The number of carbonyl (C=O) groups is 1. The molecule has 1 aliphatic rings. The third-order valence-corrected chi connectivity index (χ3v) is 4.01. The average Bonchev–Trinajstić information content (AvgIpc) is 2.91. The Balaban J connectivity index is 1.65. The Labute approximate surface area is 148 Å². The molecule has 1 aromatic heterocycles. The van der Waals surface area contributed by atoms with Crippen LogP contribution < -0.4 is 10.1 Å². The Morgan fingerprint density at radius 3 is 2.50 bits per heavy atom. The summed E-state index contributed by atoms with van der Waals surface area (Å²) in [6.07, 6.45) is -2.80. The van der Waals surface area contributed by atoms with Gasteiger partial charge in [-0.15, -0.1) is 0 Å². The Kier molecular flexibility index (Phi) is 5.41. The molecular weight excluding hydrogens is 347 g/mol. The van der Waals surface area contributed by atoms with E-state index in [4.69, 9.17) is 4.74 Å². The van der Waals surface area contributed by atoms with E-state index in [1.54, 1.807) is 29.2 Å². The van der Waals surface area contributed by atoms with Gasteiger partial charge in [0.2, 0.25) is 5.88 Å². The first-order chi connectivity index (χ1) is 12.4. The number of ether oxygens (including phenoxy) is 1. The minimum absolute atomic E-state index is 0.0482. The van der Waals surface area contributed by atoms with Crippen LogP contribution in [0.25, 0.3) is 0 Å². The zero-order valence-corrected chi connectivity index (χ0v) is 13.9. The van der Waals surface area contributed by atoms with Gasteiger partial charge in [-0.05, 0) is 43.3 Å². The molecule has 0 saturated carbocycles. The maximum Gasteiger partial charge on any atom is 0.417 e. The molecule has 1 fully saturated rings. The van der Waals surface area contributed by atoms with Crippen LogP contribution in [0.4, 0.5) is 13.2 Å². The number of alkyl halides is 3. The van der Waals surface area contributed by atoms with Crippen molar-refractivity contribution in [2.75, 3.05) is 26.2 Å². The van der Waals surface area contributed by atoms with E-state index in [2.05, 4.69) is 10.3 Å². The van der Waals surface area contributed by atoms with Gasteiger partial charge in [-0.25, -0.2) is 4.98 Å². The Bertz CT molecular complexity index is 738. The number of benzene rings is 1. The van der Waals surface area contributed by atoms with Gasteiger partial charge in [-0.2, -0.15) is 13.2 Å². The summed E-state index contributed by atoms with van der Waals surface area (Å²) in [4.78, 5) is 17.9. The summed E-state index contributed by atoms with van der Waals surface area (Å²) in [5.74, 6) is 0.398. The first kappa shape index (κ1) is 18.2. The number of nitrogens with zero attached hydrogens (tertiary/aromatic N) is 2. The molecule has 0 bridgehead atoms. The van der Waals surface area contributed by atoms with Crippen molar-refractivity contribution in [1.29, 1.82) is 0 Å². The number of amides is 1. The van der Waals surface area contributed by atoms with E-state index < -0.39 is 11.7 Å².